The van der Waals surface area contributed by atoms with Crippen molar-refractivity contribution in [3.63, 3.8) is 0 Å². The maximum atomic E-state index is 9.23. The van der Waals surface area contributed by atoms with Crippen molar-refractivity contribution < 1.29 is 67.8 Å². The Kier molecular flexibility index (Phi) is 9.57. The molecule has 0 aromatic heterocycles. The van der Waals surface area contributed by atoms with Crippen LogP contribution in [0.25, 0.3) is 0 Å². The minimum atomic E-state index is -3.17. The molecule has 0 saturated carbocycles. The fraction of sp³-hybridized carbons (Fsp3) is 0.333. The van der Waals surface area contributed by atoms with E-state index in [1.807, 2.05) is 24.3 Å². The average Bonchev–Trinajstić information content (AvgIpc) is 3.45. The summed E-state index contributed by atoms with van der Waals surface area (Å²) >= 11 is 0. The van der Waals surface area contributed by atoms with Crippen LogP contribution in [0.15, 0.2) is 72.8 Å². The summed E-state index contributed by atoms with van der Waals surface area (Å²) in [5, 5.41) is 0. The summed E-state index contributed by atoms with van der Waals surface area (Å²) in [6.45, 7) is -12.5. The largest absolute Gasteiger partial charge is 0.493 e. The van der Waals surface area contributed by atoms with Crippen LogP contribution in [-0.2, 0) is 38.5 Å². The van der Waals surface area contributed by atoms with Gasteiger partial charge in [-0.05, 0) is 178 Å². The molecule has 6 aromatic rings. The zero-order valence-corrected chi connectivity index (χ0v) is 37.5. The van der Waals surface area contributed by atoms with Crippen molar-refractivity contribution in [3.8, 4) is 69.0 Å². The standard InChI is InChI=1S/C54H54O12/c1-55-43-19-31-13-38-26-50-45(57-3)21-33(38)15-39-27-52-44(56-2)20-32(39)14-37(31)25-49(43)61-7-8-62-51-28-40-16-35-23-47(59-5)54(66-12-11-64-52)30-42(35)18-36-24-48(60-6)53(65-10-9-63-50)29-41(36)17-34(40)22-46(51)58-4/h19-30H,7-18H2,1-6H3/i7D2,8D2,9D2,10D2. The number of hydrogen-bond acceptors (Lipinski definition) is 12. The van der Waals surface area contributed by atoms with Gasteiger partial charge in [0.25, 0.3) is 0 Å². The van der Waals surface area contributed by atoms with Gasteiger partial charge < -0.3 is 56.8 Å². The predicted molar refractivity (Wildman–Crippen MR) is 248 cm³/mol. The summed E-state index contributed by atoms with van der Waals surface area (Å²) in [6.07, 6.45) is 1.41. The Labute approximate surface area is 396 Å². The van der Waals surface area contributed by atoms with Crippen LogP contribution in [0, 0.1) is 0 Å². The zero-order valence-electron chi connectivity index (χ0n) is 45.5. The van der Waals surface area contributed by atoms with Gasteiger partial charge in [-0.25, -0.2) is 0 Å². The first kappa shape index (κ1) is 34.3. The van der Waals surface area contributed by atoms with Gasteiger partial charge in [-0.15, -0.1) is 0 Å². The predicted octanol–water partition coefficient (Wildman–Crippen LogP) is 8.91. The van der Waals surface area contributed by atoms with Crippen LogP contribution in [0.1, 0.15) is 77.7 Å². The molecule has 12 aliphatic heterocycles. The van der Waals surface area contributed by atoms with Crippen LogP contribution in [0.3, 0.4) is 0 Å². The van der Waals surface area contributed by atoms with Crippen LogP contribution in [-0.4, -0.2) is 82.1 Å². The second-order valence-electron chi connectivity index (χ2n) is 16.2. The molecule has 66 heavy (non-hydrogen) atoms. The van der Waals surface area contributed by atoms with E-state index in [4.69, 9.17) is 56.8 Å². The van der Waals surface area contributed by atoms with Gasteiger partial charge >= 0.3 is 0 Å². The third kappa shape index (κ3) is 8.36. The summed E-state index contributed by atoms with van der Waals surface area (Å²) < 4.78 is 146. The lowest BCUT2D eigenvalue weighted by atomic mass is 9.94. The average molecular weight is 903 g/mol. The van der Waals surface area contributed by atoms with Crippen molar-refractivity contribution in [1.82, 2.24) is 0 Å². The first-order chi connectivity index (χ1) is 35.3. The Balaban J connectivity index is 1.29. The molecule has 342 valence electrons. The van der Waals surface area contributed by atoms with Gasteiger partial charge in [0, 0.05) is 0 Å². The van der Waals surface area contributed by atoms with E-state index >= 15 is 0 Å². The molecule has 12 heteroatoms. The molecule has 0 N–H and O–H groups in total. The molecule has 14 aliphatic rings. The fourth-order valence-corrected chi connectivity index (χ4v) is 9.18. The van der Waals surface area contributed by atoms with E-state index in [0.717, 1.165) is 33.4 Å². The summed E-state index contributed by atoms with van der Waals surface area (Å²) in [5.74, 6) is 1.66. The van der Waals surface area contributed by atoms with Crippen LogP contribution < -0.4 is 56.8 Å². The molecular weight excluding hydrogens is 841 g/mol. The molecular formula is C54H54O12. The SMILES string of the molecule is [2H]C1([2H])Oc2cc3c(cc2OC)Cc2cc4c(OC)cc2Cc2cc(c(OC)cc2C3)OCCOc2cc3c(cc2OC)Cc2cc(c(OC)cc2Cc2cc(c(OC)cc2C3)OC([2H])([2H])C([2H])([2H])O4)OC1([2H])[2H]. The van der Waals surface area contributed by atoms with Crippen LogP contribution >= 0.6 is 0 Å². The van der Waals surface area contributed by atoms with Gasteiger partial charge in [-0.2, -0.15) is 0 Å². The quantitative estimate of drug-likeness (QED) is 0.159. The zero-order chi connectivity index (χ0) is 52.5. The van der Waals surface area contributed by atoms with Crippen LogP contribution in [0.2, 0.25) is 0 Å². The molecule has 20 rings (SSSR count). The summed E-state index contributed by atoms with van der Waals surface area (Å²) in [6, 6.07) is 20.8. The highest BCUT2D eigenvalue weighted by Gasteiger charge is 2.26. The molecule has 0 spiro atoms. The molecule has 0 unspecified atom stereocenters. The summed E-state index contributed by atoms with van der Waals surface area (Å²) in [4.78, 5) is 0. The molecule has 12 nitrogen and oxygen atoms in total. The van der Waals surface area contributed by atoms with E-state index in [2.05, 4.69) is 0 Å². The summed E-state index contributed by atoms with van der Waals surface area (Å²) in [5.41, 5.74) is 8.57. The van der Waals surface area contributed by atoms with E-state index in [-0.39, 0.29) is 84.9 Å². The molecule has 0 saturated heterocycles. The maximum absolute atomic E-state index is 9.23. The number of benzene rings is 6. The highest BCUT2D eigenvalue weighted by Crippen LogP contribution is 2.44. The maximum Gasteiger partial charge on any atom is 0.161 e. The van der Waals surface area contributed by atoms with E-state index in [1.165, 1.54) is 28.4 Å². The van der Waals surface area contributed by atoms with Gasteiger partial charge in [-0.1, -0.05) is 0 Å². The third-order valence-corrected chi connectivity index (χ3v) is 12.5. The Morgan fingerprint density at radius 1 is 0.273 bits per heavy atom. The first-order valence-corrected chi connectivity index (χ1v) is 21.5. The van der Waals surface area contributed by atoms with Crippen molar-refractivity contribution in [2.24, 2.45) is 0 Å². The second-order valence-corrected chi connectivity index (χ2v) is 16.2. The first-order valence-electron chi connectivity index (χ1n) is 25.5. The molecule has 0 amide bonds. The smallest absolute Gasteiger partial charge is 0.161 e. The normalized spacial score (nSPS) is 19.7. The molecule has 0 atom stereocenters. The van der Waals surface area contributed by atoms with Crippen molar-refractivity contribution in [3.05, 3.63) is 140 Å². The molecule has 12 heterocycles. The third-order valence-electron chi connectivity index (χ3n) is 12.5. The van der Waals surface area contributed by atoms with Crippen molar-refractivity contribution >= 4 is 0 Å². The van der Waals surface area contributed by atoms with Crippen molar-refractivity contribution in [1.29, 1.82) is 0 Å². The van der Waals surface area contributed by atoms with Gasteiger partial charge in [0.1, 0.15) is 39.4 Å². The second kappa shape index (κ2) is 18.4. The van der Waals surface area contributed by atoms with E-state index in [9.17, 15) is 11.0 Å². The van der Waals surface area contributed by atoms with E-state index in [0.29, 0.717) is 69.2 Å². The van der Waals surface area contributed by atoms with Crippen molar-refractivity contribution in [2.75, 3.05) is 82.1 Å². The number of rotatable bonds is 6. The van der Waals surface area contributed by atoms with Crippen LogP contribution in [0.4, 0.5) is 0 Å². The van der Waals surface area contributed by atoms with Gasteiger partial charge in [-0.3, -0.25) is 0 Å². The number of methoxy groups -OCH3 is 6. The van der Waals surface area contributed by atoms with E-state index < -0.39 is 26.2 Å². The Morgan fingerprint density at radius 2 is 0.439 bits per heavy atom. The topological polar surface area (TPSA) is 111 Å². The lowest BCUT2D eigenvalue weighted by Crippen LogP contribution is -2.12. The lowest BCUT2D eigenvalue weighted by molar-refractivity contribution is 0.205. The van der Waals surface area contributed by atoms with Gasteiger partial charge in [0.05, 0.1) is 53.6 Å². The minimum absolute atomic E-state index is 0.0838. The minimum Gasteiger partial charge on any atom is -0.493 e. The molecule has 6 aromatic carbocycles. The van der Waals surface area contributed by atoms with Gasteiger partial charge in [0.15, 0.2) is 69.0 Å². The van der Waals surface area contributed by atoms with Crippen molar-refractivity contribution in [2.45, 2.75) is 38.5 Å². The van der Waals surface area contributed by atoms with E-state index in [1.54, 1.807) is 62.8 Å². The Hall–Kier alpha value is -7.08. The monoisotopic (exact) mass is 902 g/mol. The fourth-order valence-electron chi connectivity index (χ4n) is 9.18. The van der Waals surface area contributed by atoms with Gasteiger partial charge in [0.2, 0.25) is 0 Å². The lowest BCUT2D eigenvalue weighted by Gasteiger charge is -2.20. The Bertz CT molecular complexity index is 2940. The highest BCUT2D eigenvalue weighted by atomic mass is 16.6. The molecule has 2 aliphatic carbocycles. The molecule has 0 fully saturated rings. The number of hydrogen-bond donors (Lipinski definition) is 0. The number of ether oxygens (including phenoxy) is 12. The summed E-state index contributed by atoms with van der Waals surface area (Å²) in [7, 11) is 8.68. The molecule has 0 radical (unpaired) electrons. The Morgan fingerprint density at radius 3 is 0.621 bits per heavy atom. The highest BCUT2D eigenvalue weighted by molar-refractivity contribution is 5.60. The molecule has 18 bridgehead atoms. The van der Waals surface area contributed by atoms with Crippen LogP contribution in [0.5, 0.6) is 69.0 Å².